The van der Waals surface area contributed by atoms with Gasteiger partial charge in [0.2, 0.25) is 5.91 Å². The lowest BCUT2D eigenvalue weighted by atomic mass is 10.1. The molecule has 3 nitrogen and oxygen atoms in total. The number of β-amino-alcohol motifs (C(OH)–C–C–N with tert-alkyl or cyclic N) is 1. The standard InChI is InChI=1S/C13H15Cl2NO2/c14-10-3-1-9(12(15)7-10)2-4-13(18)16-6-5-11(17)8-16/h1,3,7,11,17H,2,4-6,8H2/t11-/m0/s1. The van der Waals surface area contributed by atoms with E-state index in [0.717, 1.165) is 5.56 Å². The van der Waals surface area contributed by atoms with Gasteiger partial charge in [-0.15, -0.1) is 0 Å². The number of hydrogen-bond acceptors (Lipinski definition) is 2. The summed E-state index contributed by atoms with van der Waals surface area (Å²) in [5.41, 5.74) is 0.925. The number of hydrogen-bond donors (Lipinski definition) is 1. The van der Waals surface area contributed by atoms with Gasteiger partial charge in [0.15, 0.2) is 0 Å². The van der Waals surface area contributed by atoms with Crippen LogP contribution in [0.15, 0.2) is 18.2 Å². The first-order chi connectivity index (χ1) is 8.56. The molecule has 1 saturated heterocycles. The molecular formula is C13H15Cl2NO2. The molecule has 0 bridgehead atoms. The van der Waals surface area contributed by atoms with Crippen LogP contribution < -0.4 is 0 Å². The normalized spacial score (nSPS) is 19.3. The number of likely N-dealkylation sites (tertiary alicyclic amines) is 1. The van der Waals surface area contributed by atoms with Gasteiger partial charge in [-0.3, -0.25) is 4.79 Å². The van der Waals surface area contributed by atoms with Crippen molar-refractivity contribution in [3.63, 3.8) is 0 Å². The molecule has 1 heterocycles. The summed E-state index contributed by atoms with van der Waals surface area (Å²) in [5.74, 6) is 0.0672. The van der Waals surface area contributed by atoms with Gasteiger partial charge in [-0.25, -0.2) is 0 Å². The summed E-state index contributed by atoms with van der Waals surface area (Å²) in [5, 5.41) is 10.6. The molecule has 0 aliphatic carbocycles. The number of aliphatic hydroxyl groups excluding tert-OH is 1. The zero-order chi connectivity index (χ0) is 13.1. The Labute approximate surface area is 116 Å². The van der Waals surface area contributed by atoms with E-state index >= 15 is 0 Å². The van der Waals surface area contributed by atoms with Crippen LogP contribution in [0.5, 0.6) is 0 Å². The van der Waals surface area contributed by atoms with Gasteiger partial charge < -0.3 is 10.0 Å². The number of aryl methyl sites for hydroxylation is 1. The van der Waals surface area contributed by atoms with E-state index in [1.54, 1.807) is 17.0 Å². The molecule has 1 amide bonds. The smallest absolute Gasteiger partial charge is 0.222 e. The summed E-state index contributed by atoms with van der Waals surface area (Å²) >= 11 is 11.9. The lowest BCUT2D eigenvalue weighted by Gasteiger charge is -2.15. The molecule has 0 radical (unpaired) electrons. The van der Waals surface area contributed by atoms with Crippen LogP contribution in [0.4, 0.5) is 0 Å². The van der Waals surface area contributed by atoms with Crippen molar-refractivity contribution >= 4 is 29.1 Å². The minimum atomic E-state index is -0.368. The minimum Gasteiger partial charge on any atom is -0.391 e. The average molecular weight is 288 g/mol. The Morgan fingerprint density at radius 2 is 2.22 bits per heavy atom. The zero-order valence-corrected chi connectivity index (χ0v) is 11.4. The number of nitrogens with zero attached hydrogens (tertiary/aromatic N) is 1. The third kappa shape index (κ3) is 3.37. The Balaban J connectivity index is 1.89. The van der Waals surface area contributed by atoms with E-state index in [1.807, 2.05) is 6.07 Å². The SMILES string of the molecule is O=C(CCc1ccc(Cl)cc1Cl)N1CC[C@H](O)C1. The summed E-state index contributed by atoms with van der Waals surface area (Å²) < 4.78 is 0. The summed E-state index contributed by atoms with van der Waals surface area (Å²) in [4.78, 5) is 13.6. The van der Waals surface area contributed by atoms with Crippen LogP contribution in [0.25, 0.3) is 0 Å². The molecule has 1 aromatic carbocycles. The Hall–Kier alpha value is -0.770. The van der Waals surface area contributed by atoms with Crippen LogP contribution >= 0.6 is 23.2 Å². The predicted molar refractivity (Wildman–Crippen MR) is 72.0 cm³/mol. The molecule has 1 aliphatic heterocycles. The maximum Gasteiger partial charge on any atom is 0.222 e. The number of rotatable bonds is 3. The quantitative estimate of drug-likeness (QED) is 0.928. The van der Waals surface area contributed by atoms with Crippen molar-refractivity contribution in [3.05, 3.63) is 33.8 Å². The van der Waals surface area contributed by atoms with Gasteiger partial charge in [0.25, 0.3) is 0 Å². The predicted octanol–water partition coefficient (Wildman–Crippen LogP) is 2.52. The first-order valence-corrected chi connectivity index (χ1v) is 6.71. The van der Waals surface area contributed by atoms with E-state index in [4.69, 9.17) is 23.2 Å². The molecule has 0 spiro atoms. The fraction of sp³-hybridized carbons (Fsp3) is 0.462. The van der Waals surface area contributed by atoms with E-state index < -0.39 is 0 Å². The lowest BCUT2D eigenvalue weighted by Crippen LogP contribution is -2.29. The summed E-state index contributed by atoms with van der Waals surface area (Å²) in [6.45, 7) is 1.10. The molecular weight excluding hydrogens is 273 g/mol. The fourth-order valence-electron chi connectivity index (χ4n) is 2.09. The highest BCUT2D eigenvalue weighted by Gasteiger charge is 2.24. The zero-order valence-electron chi connectivity index (χ0n) is 9.90. The average Bonchev–Trinajstić information content (AvgIpc) is 2.74. The molecule has 18 heavy (non-hydrogen) atoms. The molecule has 0 unspecified atom stereocenters. The third-order valence-electron chi connectivity index (χ3n) is 3.14. The molecule has 0 aromatic heterocycles. The Morgan fingerprint density at radius 1 is 1.44 bits per heavy atom. The second kappa shape index (κ2) is 5.91. The number of carbonyl (C=O) groups is 1. The van der Waals surface area contributed by atoms with E-state index in [2.05, 4.69) is 0 Å². The molecule has 1 N–H and O–H groups in total. The van der Waals surface area contributed by atoms with Crippen LogP contribution in [0.3, 0.4) is 0 Å². The number of amides is 1. The van der Waals surface area contributed by atoms with Gasteiger partial charge in [-0.05, 0) is 30.5 Å². The maximum atomic E-state index is 11.9. The Kier molecular flexibility index (Phi) is 4.49. The third-order valence-corrected chi connectivity index (χ3v) is 3.73. The largest absolute Gasteiger partial charge is 0.391 e. The highest BCUT2D eigenvalue weighted by Crippen LogP contribution is 2.22. The van der Waals surface area contributed by atoms with Crippen molar-refractivity contribution in [3.8, 4) is 0 Å². The monoisotopic (exact) mass is 287 g/mol. The summed E-state index contributed by atoms with van der Waals surface area (Å²) in [6.07, 6.45) is 1.32. The molecule has 1 aromatic rings. The topological polar surface area (TPSA) is 40.5 Å². The van der Waals surface area contributed by atoms with E-state index in [9.17, 15) is 9.90 Å². The van der Waals surface area contributed by atoms with E-state index in [0.29, 0.717) is 42.4 Å². The van der Waals surface area contributed by atoms with Gasteiger partial charge in [0.1, 0.15) is 0 Å². The highest BCUT2D eigenvalue weighted by molar-refractivity contribution is 6.35. The maximum absolute atomic E-state index is 11.9. The second-order valence-corrected chi connectivity index (χ2v) is 5.36. The van der Waals surface area contributed by atoms with E-state index in [1.165, 1.54) is 0 Å². The summed E-state index contributed by atoms with van der Waals surface area (Å²) in [6, 6.07) is 5.30. The van der Waals surface area contributed by atoms with Gasteiger partial charge in [0, 0.05) is 29.6 Å². The molecule has 5 heteroatoms. The van der Waals surface area contributed by atoms with E-state index in [-0.39, 0.29) is 12.0 Å². The van der Waals surface area contributed by atoms with Crippen molar-refractivity contribution in [2.24, 2.45) is 0 Å². The molecule has 2 rings (SSSR count). The van der Waals surface area contributed by atoms with Crippen LogP contribution in [0, 0.1) is 0 Å². The molecule has 1 aliphatic rings. The molecule has 98 valence electrons. The fourth-order valence-corrected chi connectivity index (χ4v) is 2.60. The van der Waals surface area contributed by atoms with Crippen LogP contribution in [-0.4, -0.2) is 35.1 Å². The minimum absolute atomic E-state index is 0.0672. The number of carbonyl (C=O) groups excluding carboxylic acids is 1. The molecule has 1 atom stereocenters. The Morgan fingerprint density at radius 3 is 2.83 bits per heavy atom. The van der Waals surface area contributed by atoms with Crippen LogP contribution in [0.2, 0.25) is 10.0 Å². The van der Waals surface area contributed by atoms with Crippen LogP contribution in [0.1, 0.15) is 18.4 Å². The highest BCUT2D eigenvalue weighted by atomic mass is 35.5. The van der Waals surface area contributed by atoms with Crippen molar-refractivity contribution in [2.45, 2.75) is 25.4 Å². The second-order valence-electron chi connectivity index (χ2n) is 4.52. The number of halogens is 2. The van der Waals surface area contributed by atoms with Crippen molar-refractivity contribution < 1.29 is 9.90 Å². The van der Waals surface area contributed by atoms with Gasteiger partial charge in [-0.1, -0.05) is 29.3 Å². The molecule has 1 fully saturated rings. The van der Waals surface area contributed by atoms with Crippen LogP contribution in [-0.2, 0) is 11.2 Å². The number of aliphatic hydroxyl groups is 1. The van der Waals surface area contributed by atoms with Crippen molar-refractivity contribution in [1.82, 2.24) is 4.90 Å². The van der Waals surface area contributed by atoms with Gasteiger partial charge in [0.05, 0.1) is 6.10 Å². The van der Waals surface area contributed by atoms with Crippen molar-refractivity contribution in [2.75, 3.05) is 13.1 Å². The van der Waals surface area contributed by atoms with Crippen molar-refractivity contribution in [1.29, 1.82) is 0 Å². The Bertz CT molecular complexity index is 451. The van der Waals surface area contributed by atoms with Gasteiger partial charge >= 0.3 is 0 Å². The number of benzene rings is 1. The molecule has 0 saturated carbocycles. The first kappa shape index (κ1) is 13.7. The first-order valence-electron chi connectivity index (χ1n) is 5.96. The van der Waals surface area contributed by atoms with Gasteiger partial charge in [-0.2, -0.15) is 0 Å². The summed E-state index contributed by atoms with van der Waals surface area (Å²) in [7, 11) is 0. The lowest BCUT2D eigenvalue weighted by molar-refractivity contribution is -0.130.